The molecule has 0 unspecified atom stereocenters. The third-order valence-corrected chi connectivity index (χ3v) is 5.07. The Morgan fingerprint density at radius 1 is 1.26 bits per heavy atom. The first-order valence-corrected chi connectivity index (χ1v) is 8.59. The molecular weight excluding hydrogens is 382 g/mol. The van der Waals surface area contributed by atoms with Crippen molar-refractivity contribution >= 4 is 10.0 Å². The molecular formula is C15H22BrN3O3S. The maximum absolute atomic E-state index is 12.4. The number of rotatable bonds is 7. The molecule has 1 aromatic carbocycles. The first kappa shape index (κ1) is 19.7. The van der Waals surface area contributed by atoms with E-state index in [0.29, 0.717) is 24.3 Å². The molecule has 0 saturated heterocycles. The van der Waals surface area contributed by atoms with Gasteiger partial charge in [0, 0.05) is 12.6 Å². The second kappa shape index (κ2) is 8.47. The molecule has 0 aliphatic carbocycles. The van der Waals surface area contributed by atoms with E-state index >= 15 is 0 Å². The van der Waals surface area contributed by atoms with Crippen molar-refractivity contribution in [1.82, 2.24) is 9.71 Å². The summed E-state index contributed by atoms with van der Waals surface area (Å²) in [6, 6.07) is 3.40. The lowest BCUT2D eigenvalue weighted by molar-refractivity contribution is -0.695. The van der Waals surface area contributed by atoms with Crippen molar-refractivity contribution in [2.75, 3.05) is 13.7 Å². The summed E-state index contributed by atoms with van der Waals surface area (Å²) >= 11 is 0. The first-order chi connectivity index (χ1) is 10.4. The fraction of sp³-hybridized carbons (Fsp3) is 0.400. The fourth-order valence-electron chi connectivity index (χ4n) is 2.33. The Morgan fingerprint density at radius 2 is 2.00 bits per heavy atom. The highest BCUT2D eigenvalue weighted by Crippen LogP contribution is 2.25. The van der Waals surface area contributed by atoms with Gasteiger partial charge in [-0.1, -0.05) is 6.07 Å². The minimum atomic E-state index is -3.53. The van der Waals surface area contributed by atoms with Gasteiger partial charge in [-0.15, -0.1) is 0 Å². The number of benzene rings is 1. The Morgan fingerprint density at radius 3 is 2.61 bits per heavy atom. The van der Waals surface area contributed by atoms with E-state index in [-0.39, 0.29) is 21.9 Å². The molecule has 0 amide bonds. The average Bonchev–Trinajstić information content (AvgIpc) is 2.97. The van der Waals surface area contributed by atoms with Crippen LogP contribution in [0.1, 0.15) is 17.5 Å². The van der Waals surface area contributed by atoms with E-state index in [1.807, 2.05) is 36.3 Å². The highest BCUT2D eigenvalue weighted by Gasteiger charge is 2.18. The number of aromatic nitrogens is 2. The van der Waals surface area contributed by atoms with Crippen LogP contribution in [0.15, 0.2) is 35.7 Å². The number of methoxy groups -OCH3 is 1. The Bertz CT molecular complexity index is 731. The summed E-state index contributed by atoms with van der Waals surface area (Å²) in [5.41, 5.74) is 1.63. The summed E-state index contributed by atoms with van der Waals surface area (Å²) in [6.45, 7) is 4.82. The van der Waals surface area contributed by atoms with E-state index in [1.165, 1.54) is 7.11 Å². The highest BCUT2D eigenvalue weighted by atomic mass is 79.9. The van der Waals surface area contributed by atoms with Gasteiger partial charge in [-0.05, 0) is 31.4 Å². The molecule has 128 valence electrons. The average molecular weight is 404 g/mol. The van der Waals surface area contributed by atoms with Crippen LogP contribution in [0.5, 0.6) is 5.75 Å². The molecule has 0 atom stereocenters. The van der Waals surface area contributed by atoms with E-state index < -0.39 is 10.0 Å². The zero-order chi connectivity index (χ0) is 16.2. The molecule has 1 aromatic heterocycles. The lowest BCUT2D eigenvalue weighted by Gasteiger charge is -2.12. The zero-order valence-corrected chi connectivity index (χ0v) is 15.9. The number of sulfonamides is 1. The van der Waals surface area contributed by atoms with Gasteiger partial charge in [0.2, 0.25) is 16.4 Å². The summed E-state index contributed by atoms with van der Waals surface area (Å²) in [4.78, 5) is 3.22. The van der Waals surface area contributed by atoms with Gasteiger partial charge >= 0.3 is 0 Å². The third-order valence-electron chi connectivity index (χ3n) is 3.47. The largest absolute Gasteiger partial charge is 1.00 e. The predicted octanol–water partition coefficient (Wildman–Crippen LogP) is -1.70. The summed E-state index contributed by atoms with van der Waals surface area (Å²) in [6.07, 6.45) is 6.28. The van der Waals surface area contributed by atoms with Gasteiger partial charge in [0.1, 0.15) is 18.1 Å². The number of ether oxygens (including phenoxy) is 1. The van der Waals surface area contributed by atoms with Crippen molar-refractivity contribution in [2.24, 2.45) is 0 Å². The van der Waals surface area contributed by atoms with Crippen LogP contribution >= 0.6 is 0 Å². The van der Waals surface area contributed by atoms with Crippen molar-refractivity contribution in [2.45, 2.75) is 31.7 Å². The van der Waals surface area contributed by atoms with Crippen LogP contribution in [0, 0.1) is 13.8 Å². The van der Waals surface area contributed by atoms with E-state index in [4.69, 9.17) is 4.74 Å². The monoisotopic (exact) mass is 403 g/mol. The van der Waals surface area contributed by atoms with Crippen LogP contribution < -0.4 is 31.0 Å². The number of aromatic amines is 1. The summed E-state index contributed by atoms with van der Waals surface area (Å²) in [5, 5.41) is 0. The molecule has 0 aliphatic rings. The lowest BCUT2D eigenvalue weighted by atomic mass is 10.1. The molecule has 2 rings (SSSR count). The maximum Gasteiger partial charge on any atom is 0.241 e. The Kier molecular flexibility index (Phi) is 7.24. The van der Waals surface area contributed by atoms with Crippen molar-refractivity contribution in [3.05, 3.63) is 42.0 Å². The molecule has 0 aliphatic heterocycles. The van der Waals surface area contributed by atoms with Crippen molar-refractivity contribution in [1.29, 1.82) is 0 Å². The van der Waals surface area contributed by atoms with Crippen LogP contribution in [0.3, 0.4) is 0 Å². The van der Waals surface area contributed by atoms with E-state index in [2.05, 4.69) is 9.71 Å². The molecule has 8 heteroatoms. The topological polar surface area (TPSA) is 75.1 Å². The number of nitrogens with one attached hydrogen (secondary N) is 2. The van der Waals surface area contributed by atoms with Crippen LogP contribution in [0.25, 0.3) is 0 Å². The number of aryl methyl sites for hydroxylation is 3. The van der Waals surface area contributed by atoms with Gasteiger partial charge in [-0.3, -0.25) is 4.98 Å². The molecule has 0 radical (unpaired) electrons. The Balaban J connectivity index is 0.00000264. The number of H-pyrrole nitrogens is 1. The zero-order valence-electron chi connectivity index (χ0n) is 13.5. The SMILES string of the molecule is COc1cc(S(=O)(=O)NCCC[n+]2cc[nH]c2)c(C)cc1C.[Br-]. The molecule has 0 bridgehead atoms. The van der Waals surface area contributed by atoms with E-state index in [9.17, 15) is 8.42 Å². The normalized spacial score (nSPS) is 11.1. The minimum absolute atomic E-state index is 0. The lowest BCUT2D eigenvalue weighted by Crippen LogP contribution is -3.00. The van der Waals surface area contributed by atoms with E-state index in [0.717, 1.165) is 12.1 Å². The summed E-state index contributed by atoms with van der Waals surface area (Å²) < 4.78 is 34.6. The van der Waals surface area contributed by atoms with Gasteiger partial charge < -0.3 is 21.7 Å². The van der Waals surface area contributed by atoms with Gasteiger partial charge in [0.15, 0.2) is 0 Å². The van der Waals surface area contributed by atoms with Crippen molar-refractivity contribution < 1.29 is 34.7 Å². The predicted molar refractivity (Wildman–Crippen MR) is 83.3 cm³/mol. The molecule has 6 nitrogen and oxygen atoms in total. The second-order valence-corrected chi connectivity index (χ2v) is 6.92. The van der Waals surface area contributed by atoms with Gasteiger partial charge in [-0.25, -0.2) is 17.7 Å². The number of hydrogen-bond acceptors (Lipinski definition) is 3. The van der Waals surface area contributed by atoms with Gasteiger partial charge in [0.05, 0.1) is 18.6 Å². The van der Waals surface area contributed by atoms with Gasteiger partial charge in [-0.2, -0.15) is 0 Å². The molecule has 2 N–H and O–H groups in total. The van der Waals surface area contributed by atoms with Crippen LogP contribution in [0.2, 0.25) is 0 Å². The fourth-order valence-corrected chi connectivity index (χ4v) is 3.64. The second-order valence-electron chi connectivity index (χ2n) is 5.19. The number of hydrogen-bond donors (Lipinski definition) is 2. The smallest absolute Gasteiger partial charge is 0.241 e. The van der Waals surface area contributed by atoms with Crippen molar-refractivity contribution in [3.63, 3.8) is 0 Å². The third kappa shape index (κ3) is 5.05. The Hall–Kier alpha value is -1.38. The van der Waals surface area contributed by atoms with Crippen LogP contribution in [-0.4, -0.2) is 27.1 Å². The number of imidazole rings is 1. The molecule has 1 heterocycles. The minimum Gasteiger partial charge on any atom is -1.00 e. The summed E-state index contributed by atoms with van der Waals surface area (Å²) in [7, 11) is -1.99. The number of nitrogens with zero attached hydrogens (tertiary/aromatic N) is 1. The first-order valence-electron chi connectivity index (χ1n) is 7.11. The number of halogens is 1. The molecule has 0 fully saturated rings. The quantitative estimate of drug-likeness (QED) is 0.427. The molecule has 0 saturated carbocycles. The van der Waals surface area contributed by atoms with Gasteiger partial charge in [0.25, 0.3) is 0 Å². The van der Waals surface area contributed by atoms with Crippen molar-refractivity contribution in [3.8, 4) is 5.75 Å². The Labute approximate surface area is 147 Å². The van der Waals surface area contributed by atoms with E-state index in [1.54, 1.807) is 13.0 Å². The van der Waals surface area contributed by atoms with Crippen LogP contribution in [-0.2, 0) is 16.6 Å². The maximum atomic E-state index is 12.4. The molecule has 23 heavy (non-hydrogen) atoms. The van der Waals surface area contributed by atoms with Crippen LogP contribution in [0.4, 0.5) is 0 Å². The molecule has 0 spiro atoms. The highest BCUT2D eigenvalue weighted by molar-refractivity contribution is 7.89. The molecule has 2 aromatic rings. The standard InChI is InChI=1S/C15H21N3O3S.BrH/c1-12-9-13(2)15(10-14(12)21-3)22(19,20)17-5-4-7-18-8-6-16-11-18;/h6,8-11,17H,4-5,7H2,1-3H3;1H. The summed E-state index contributed by atoms with van der Waals surface area (Å²) in [5.74, 6) is 0.578.